The lowest BCUT2D eigenvalue weighted by Gasteiger charge is -2.26. The fourth-order valence-corrected chi connectivity index (χ4v) is 2.06. The average Bonchev–Trinajstić information content (AvgIpc) is 2.46. The van der Waals surface area contributed by atoms with Gasteiger partial charge in [-0.05, 0) is 37.1 Å². The molecule has 102 valence electrons. The van der Waals surface area contributed by atoms with Gasteiger partial charge in [0.05, 0.1) is 6.54 Å². The molecule has 3 nitrogen and oxygen atoms in total. The lowest BCUT2D eigenvalue weighted by molar-refractivity contribution is 0.0723. The predicted molar refractivity (Wildman–Crippen MR) is 78.8 cm³/mol. The Balaban J connectivity index is 2.83. The van der Waals surface area contributed by atoms with E-state index in [4.69, 9.17) is 5.73 Å². The summed E-state index contributed by atoms with van der Waals surface area (Å²) in [7, 11) is 1.86. The number of carbonyl (C=O) groups is 1. The van der Waals surface area contributed by atoms with Gasteiger partial charge in [-0.1, -0.05) is 25.7 Å². The van der Waals surface area contributed by atoms with Gasteiger partial charge in [-0.3, -0.25) is 4.79 Å². The monoisotopic (exact) mass is 258 g/mol. The first-order chi connectivity index (χ1) is 9.13. The molecule has 1 rings (SSSR count). The maximum atomic E-state index is 12.3. The fourth-order valence-electron chi connectivity index (χ4n) is 2.06. The minimum absolute atomic E-state index is 0.0621. The van der Waals surface area contributed by atoms with Crippen LogP contribution >= 0.6 is 0 Å². The SMILES string of the molecule is CCC(CC)N(C)C(=O)c1ccc(C#CCN)cc1. The van der Waals surface area contributed by atoms with E-state index in [0.29, 0.717) is 18.2 Å². The van der Waals surface area contributed by atoms with Crippen molar-refractivity contribution in [3.8, 4) is 11.8 Å². The Kier molecular flexibility index (Phi) is 6.11. The van der Waals surface area contributed by atoms with Crippen LogP contribution in [0.4, 0.5) is 0 Å². The van der Waals surface area contributed by atoms with Gasteiger partial charge in [-0.25, -0.2) is 0 Å². The number of hydrogen-bond donors (Lipinski definition) is 1. The van der Waals surface area contributed by atoms with Gasteiger partial charge >= 0.3 is 0 Å². The van der Waals surface area contributed by atoms with Crippen molar-refractivity contribution in [3.63, 3.8) is 0 Å². The molecule has 1 aromatic rings. The van der Waals surface area contributed by atoms with Crippen molar-refractivity contribution in [2.24, 2.45) is 5.73 Å². The highest BCUT2D eigenvalue weighted by Crippen LogP contribution is 2.12. The third kappa shape index (κ3) is 4.11. The van der Waals surface area contributed by atoms with Crippen LogP contribution in [0.2, 0.25) is 0 Å². The first-order valence-electron chi connectivity index (χ1n) is 6.70. The maximum absolute atomic E-state index is 12.3. The van der Waals surface area contributed by atoms with Crippen LogP contribution in [0.3, 0.4) is 0 Å². The van der Waals surface area contributed by atoms with E-state index in [1.54, 1.807) is 0 Å². The molecular weight excluding hydrogens is 236 g/mol. The third-order valence-corrected chi connectivity index (χ3v) is 3.28. The van der Waals surface area contributed by atoms with E-state index in [1.807, 2.05) is 36.2 Å². The largest absolute Gasteiger partial charge is 0.339 e. The number of rotatable bonds is 4. The lowest BCUT2D eigenvalue weighted by atomic mass is 10.1. The Morgan fingerprint density at radius 1 is 1.26 bits per heavy atom. The normalized spacial score (nSPS) is 9.95. The third-order valence-electron chi connectivity index (χ3n) is 3.28. The molecule has 1 amide bonds. The molecule has 0 spiro atoms. The standard InChI is InChI=1S/C16H22N2O/c1-4-15(5-2)18(3)16(19)14-10-8-13(9-11-14)7-6-12-17/h8-11,15H,4-5,12,17H2,1-3H3. The molecule has 0 atom stereocenters. The zero-order valence-electron chi connectivity index (χ0n) is 11.9. The Bertz CT molecular complexity index is 464. The smallest absolute Gasteiger partial charge is 0.253 e. The van der Waals surface area contributed by atoms with Crippen LogP contribution in [0.15, 0.2) is 24.3 Å². The Labute approximate surface area is 115 Å². The van der Waals surface area contributed by atoms with Crippen molar-refractivity contribution in [3.05, 3.63) is 35.4 Å². The van der Waals surface area contributed by atoms with Crippen LogP contribution in [-0.2, 0) is 0 Å². The fraction of sp³-hybridized carbons (Fsp3) is 0.438. The van der Waals surface area contributed by atoms with E-state index in [1.165, 1.54) is 0 Å². The van der Waals surface area contributed by atoms with E-state index < -0.39 is 0 Å². The number of nitrogens with zero attached hydrogens (tertiary/aromatic N) is 1. The predicted octanol–water partition coefficient (Wildman–Crippen LogP) is 2.26. The van der Waals surface area contributed by atoms with Crippen LogP contribution in [0, 0.1) is 11.8 Å². The first kappa shape index (κ1) is 15.3. The number of nitrogens with two attached hydrogens (primary N) is 1. The van der Waals surface area contributed by atoms with Crippen LogP contribution in [0.1, 0.15) is 42.6 Å². The highest BCUT2D eigenvalue weighted by Gasteiger charge is 2.17. The van der Waals surface area contributed by atoms with Gasteiger partial charge in [0, 0.05) is 24.2 Å². The summed E-state index contributed by atoms with van der Waals surface area (Å²) in [6.45, 7) is 4.55. The molecular formula is C16H22N2O. The molecule has 0 fully saturated rings. The zero-order chi connectivity index (χ0) is 14.3. The molecule has 0 radical (unpaired) electrons. The summed E-state index contributed by atoms with van der Waals surface area (Å²) in [5.74, 6) is 5.80. The highest BCUT2D eigenvalue weighted by molar-refractivity contribution is 5.94. The van der Waals surface area contributed by atoms with Crippen molar-refractivity contribution in [1.82, 2.24) is 4.90 Å². The van der Waals surface area contributed by atoms with Crippen LogP contribution < -0.4 is 5.73 Å². The number of hydrogen-bond acceptors (Lipinski definition) is 2. The van der Waals surface area contributed by atoms with E-state index in [0.717, 1.165) is 18.4 Å². The molecule has 19 heavy (non-hydrogen) atoms. The van der Waals surface area contributed by atoms with Crippen molar-refractivity contribution in [2.75, 3.05) is 13.6 Å². The van der Waals surface area contributed by atoms with E-state index in [9.17, 15) is 4.79 Å². The average molecular weight is 258 g/mol. The molecule has 0 aromatic heterocycles. The second kappa shape index (κ2) is 7.60. The Morgan fingerprint density at radius 3 is 2.32 bits per heavy atom. The molecule has 0 aliphatic heterocycles. The van der Waals surface area contributed by atoms with Crippen molar-refractivity contribution in [1.29, 1.82) is 0 Å². The molecule has 2 N–H and O–H groups in total. The van der Waals surface area contributed by atoms with Gasteiger partial charge in [0.2, 0.25) is 0 Å². The molecule has 0 aliphatic rings. The molecule has 0 heterocycles. The first-order valence-corrected chi connectivity index (χ1v) is 6.70. The summed E-state index contributed by atoms with van der Waals surface area (Å²) < 4.78 is 0. The number of amides is 1. The van der Waals surface area contributed by atoms with Gasteiger partial charge in [0.25, 0.3) is 5.91 Å². The topological polar surface area (TPSA) is 46.3 Å². The summed E-state index contributed by atoms with van der Waals surface area (Å²) in [6.07, 6.45) is 1.94. The summed E-state index contributed by atoms with van der Waals surface area (Å²) in [6, 6.07) is 7.65. The maximum Gasteiger partial charge on any atom is 0.253 e. The molecule has 1 aromatic carbocycles. The van der Waals surface area contributed by atoms with Gasteiger partial charge in [0.15, 0.2) is 0 Å². The Morgan fingerprint density at radius 2 is 1.84 bits per heavy atom. The number of benzene rings is 1. The molecule has 0 saturated heterocycles. The minimum Gasteiger partial charge on any atom is -0.339 e. The van der Waals surface area contributed by atoms with Crippen molar-refractivity contribution >= 4 is 5.91 Å². The Hall–Kier alpha value is -1.79. The highest BCUT2D eigenvalue weighted by atomic mass is 16.2. The molecule has 0 bridgehead atoms. The molecule has 0 unspecified atom stereocenters. The number of carbonyl (C=O) groups excluding carboxylic acids is 1. The summed E-state index contributed by atoms with van der Waals surface area (Å²) in [5, 5.41) is 0. The molecule has 3 heteroatoms. The van der Waals surface area contributed by atoms with Gasteiger partial charge < -0.3 is 10.6 Å². The van der Waals surface area contributed by atoms with Crippen LogP contribution in [-0.4, -0.2) is 30.4 Å². The second-order valence-electron chi connectivity index (χ2n) is 4.47. The quantitative estimate of drug-likeness (QED) is 0.842. The van der Waals surface area contributed by atoms with E-state index in [2.05, 4.69) is 25.7 Å². The molecule has 0 aliphatic carbocycles. The van der Waals surface area contributed by atoms with Gasteiger partial charge in [-0.15, -0.1) is 0 Å². The minimum atomic E-state index is 0.0621. The van der Waals surface area contributed by atoms with Crippen LogP contribution in [0.25, 0.3) is 0 Å². The van der Waals surface area contributed by atoms with E-state index >= 15 is 0 Å². The lowest BCUT2D eigenvalue weighted by Crippen LogP contribution is -2.36. The van der Waals surface area contributed by atoms with Crippen molar-refractivity contribution < 1.29 is 4.79 Å². The van der Waals surface area contributed by atoms with Crippen molar-refractivity contribution in [2.45, 2.75) is 32.7 Å². The van der Waals surface area contributed by atoms with E-state index in [-0.39, 0.29) is 5.91 Å². The van der Waals surface area contributed by atoms with Crippen LogP contribution in [0.5, 0.6) is 0 Å². The zero-order valence-corrected chi connectivity index (χ0v) is 11.9. The second-order valence-corrected chi connectivity index (χ2v) is 4.47. The summed E-state index contributed by atoms with van der Waals surface area (Å²) in [4.78, 5) is 14.1. The van der Waals surface area contributed by atoms with Gasteiger partial charge in [-0.2, -0.15) is 0 Å². The summed E-state index contributed by atoms with van der Waals surface area (Å²) in [5.41, 5.74) is 6.91. The molecule has 0 saturated carbocycles. The van der Waals surface area contributed by atoms with Gasteiger partial charge in [0.1, 0.15) is 0 Å². The summed E-state index contributed by atoms with van der Waals surface area (Å²) >= 11 is 0.